The zero-order valence-electron chi connectivity index (χ0n) is 16.8. The SMILES string of the molecule is COC1CCC([C@](NCc2ccncc2)(C(=O)NO)S(=O)(=O)c2ccccc2)CC1. The van der Waals surface area contributed by atoms with Crippen LogP contribution in [0.25, 0.3) is 0 Å². The molecule has 1 heterocycles. The molecule has 30 heavy (non-hydrogen) atoms. The van der Waals surface area contributed by atoms with Gasteiger partial charge in [0.1, 0.15) is 0 Å². The largest absolute Gasteiger partial charge is 0.381 e. The Balaban J connectivity index is 2.07. The third-order valence-corrected chi connectivity index (χ3v) is 8.21. The van der Waals surface area contributed by atoms with Crippen LogP contribution in [0.2, 0.25) is 0 Å². The first kappa shape index (κ1) is 22.4. The quantitative estimate of drug-likeness (QED) is 0.431. The molecule has 0 radical (unpaired) electrons. The highest BCUT2D eigenvalue weighted by Gasteiger charge is 2.57. The number of carbonyl (C=O) groups is 1. The maximum Gasteiger partial charge on any atom is 0.280 e. The summed E-state index contributed by atoms with van der Waals surface area (Å²) in [6, 6.07) is 11.3. The van der Waals surface area contributed by atoms with E-state index in [4.69, 9.17) is 4.74 Å². The minimum Gasteiger partial charge on any atom is -0.381 e. The molecule has 3 rings (SSSR count). The lowest BCUT2D eigenvalue weighted by molar-refractivity contribution is -0.135. The molecule has 1 aliphatic rings. The van der Waals surface area contributed by atoms with Gasteiger partial charge in [0.25, 0.3) is 5.91 Å². The first-order valence-corrected chi connectivity index (χ1v) is 11.3. The highest BCUT2D eigenvalue weighted by Crippen LogP contribution is 2.40. The Bertz CT molecular complexity index is 932. The first-order valence-electron chi connectivity index (χ1n) is 9.86. The van der Waals surface area contributed by atoms with Crippen LogP contribution in [0.5, 0.6) is 0 Å². The maximum atomic E-state index is 13.8. The van der Waals surface area contributed by atoms with Crippen molar-refractivity contribution in [3.05, 3.63) is 60.4 Å². The number of methoxy groups -OCH3 is 1. The number of sulfone groups is 1. The Hall–Kier alpha value is -2.33. The number of carbonyl (C=O) groups excluding carboxylic acids is 1. The van der Waals surface area contributed by atoms with Crippen LogP contribution in [0.4, 0.5) is 0 Å². The van der Waals surface area contributed by atoms with Crippen molar-refractivity contribution in [2.24, 2.45) is 5.92 Å². The standard InChI is InChI=1S/C21H27N3O5S/c1-29-18-9-7-17(8-10-18)21(20(25)24-26,23-15-16-11-13-22-14-12-16)30(27,28)19-5-3-2-4-6-19/h2-6,11-14,17-18,23,26H,7-10,15H2,1H3,(H,24,25)/t17?,18?,21-/m1/s1. The molecule has 9 heteroatoms. The van der Waals surface area contributed by atoms with Crippen LogP contribution >= 0.6 is 0 Å². The monoisotopic (exact) mass is 433 g/mol. The van der Waals surface area contributed by atoms with E-state index >= 15 is 0 Å². The summed E-state index contributed by atoms with van der Waals surface area (Å²) in [4.78, 5) is 15.0. The molecule has 162 valence electrons. The summed E-state index contributed by atoms with van der Waals surface area (Å²) in [6.45, 7) is 0.117. The van der Waals surface area contributed by atoms with E-state index in [1.165, 1.54) is 12.1 Å². The van der Waals surface area contributed by atoms with E-state index in [0.29, 0.717) is 25.7 Å². The Labute approximate surface area is 176 Å². The van der Waals surface area contributed by atoms with Crippen LogP contribution < -0.4 is 10.8 Å². The normalized spacial score (nSPS) is 21.5. The Morgan fingerprint density at radius 2 is 1.77 bits per heavy atom. The number of hydroxylamine groups is 1. The molecule has 1 amide bonds. The molecule has 1 aromatic heterocycles. The van der Waals surface area contributed by atoms with Crippen molar-refractivity contribution in [1.29, 1.82) is 0 Å². The van der Waals surface area contributed by atoms with Gasteiger partial charge in [0.05, 0.1) is 11.0 Å². The molecule has 3 N–H and O–H groups in total. The second kappa shape index (κ2) is 9.65. The van der Waals surface area contributed by atoms with Crippen LogP contribution in [-0.4, -0.2) is 42.6 Å². The first-order chi connectivity index (χ1) is 14.5. The third-order valence-electron chi connectivity index (χ3n) is 5.80. The van der Waals surface area contributed by atoms with E-state index in [2.05, 4.69) is 10.3 Å². The minimum absolute atomic E-state index is 0.0182. The lowest BCUT2D eigenvalue weighted by atomic mass is 9.81. The lowest BCUT2D eigenvalue weighted by Gasteiger charge is -2.42. The number of pyridine rings is 1. The number of ether oxygens (including phenoxy) is 1. The number of hydrogen-bond acceptors (Lipinski definition) is 7. The molecule has 8 nitrogen and oxygen atoms in total. The fourth-order valence-corrected chi connectivity index (χ4v) is 6.27. The summed E-state index contributed by atoms with van der Waals surface area (Å²) in [5.74, 6) is -1.54. The van der Waals surface area contributed by atoms with Crippen LogP contribution in [0.1, 0.15) is 31.2 Å². The van der Waals surface area contributed by atoms with Gasteiger partial charge in [-0.15, -0.1) is 0 Å². The van der Waals surface area contributed by atoms with Gasteiger partial charge in [-0.05, 0) is 55.5 Å². The molecule has 1 aliphatic carbocycles. The highest BCUT2D eigenvalue weighted by molar-refractivity contribution is 7.93. The van der Waals surface area contributed by atoms with Gasteiger partial charge in [0, 0.05) is 32.0 Å². The number of benzene rings is 1. The minimum atomic E-state index is -4.21. The Morgan fingerprint density at radius 3 is 2.33 bits per heavy atom. The summed E-state index contributed by atoms with van der Waals surface area (Å²) >= 11 is 0. The van der Waals surface area contributed by atoms with E-state index in [1.807, 2.05) is 0 Å². The lowest BCUT2D eigenvalue weighted by Crippen LogP contribution is -2.66. The fourth-order valence-electron chi connectivity index (χ4n) is 4.15. The average molecular weight is 434 g/mol. The van der Waals surface area contributed by atoms with Crippen LogP contribution in [0.3, 0.4) is 0 Å². The number of aromatic nitrogens is 1. The van der Waals surface area contributed by atoms with Crippen molar-refractivity contribution in [3.8, 4) is 0 Å². The third kappa shape index (κ3) is 4.24. The van der Waals surface area contributed by atoms with Gasteiger partial charge in [0.15, 0.2) is 0 Å². The van der Waals surface area contributed by atoms with E-state index in [1.54, 1.807) is 55.3 Å². The molecule has 0 saturated heterocycles. The summed E-state index contributed by atoms with van der Waals surface area (Å²) in [7, 11) is -2.58. The molecule has 0 spiro atoms. The predicted molar refractivity (Wildman–Crippen MR) is 110 cm³/mol. The number of rotatable bonds is 8. The van der Waals surface area contributed by atoms with Gasteiger partial charge >= 0.3 is 0 Å². The molecule has 1 atom stereocenters. The van der Waals surface area contributed by atoms with Gasteiger partial charge in [-0.1, -0.05) is 18.2 Å². The van der Waals surface area contributed by atoms with E-state index in [0.717, 1.165) is 5.56 Å². The van der Waals surface area contributed by atoms with Crippen molar-refractivity contribution in [2.45, 2.75) is 48.1 Å². The van der Waals surface area contributed by atoms with E-state index in [-0.39, 0.29) is 17.5 Å². The van der Waals surface area contributed by atoms with Gasteiger partial charge in [-0.2, -0.15) is 0 Å². The molecule has 1 fully saturated rings. The van der Waals surface area contributed by atoms with Crippen molar-refractivity contribution < 1.29 is 23.2 Å². The van der Waals surface area contributed by atoms with E-state index in [9.17, 15) is 18.4 Å². The number of nitrogens with zero attached hydrogens (tertiary/aromatic N) is 1. The average Bonchev–Trinajstić information content (AvgIpc) is 2.80. The predicted octanol–water partition coefficient (Wildman–Crippen LogP) is 2.05. The van der Waals surface area contributed by atoms with Gasteiger partial charge in [-0.25, -0.2) is 13.9 Å². The summed E-state index contributed by atoms with van der Waals surface area (Å²) in [5, 5.41) is 12.6. The molecule has 1 saturated carbocycles. The van der Waals surface area contributed by atoms with Crippen molar-refractivity contribution in [3.63, 3.8) is 0 Å². The molecule has 0 aliphatic heterocycles. The number of nitrogens with one attached hydrogen (secondary N) is 2. The Morgan fingerprint density at radius 1 is 1.13 bits per heavy atom. The van der Waals surface area contributed by atoms with Crippen LogP contribution in [0, 0.1) is 5.92 Å². The molecular weight excluding hydrogens is 406 g/mol. The van der Waals surface area contributed by atoms with Gasteiger partial charge in [-0.3, -0.25) is 20.3 Å². The topological polar surface area (TPSA) is 118 Å². The fraction of sp³-hybridized carbons (Fsp3) is 0.429. The molecule has 1 aromatic carbocycles. The molecule has 2 aromatic rings. The maximum absolute atomic E-state index is 13.8. The van der Waals surface area contributed by atoms with Crippen molar-refractivity contribution >= 4 is 15.7 Å². The molecular formula is C21H27N3O5S. The van der Waals surface area contributed by atoms with Crippen LogP contribution in [-0.2, 0) is 25.9 Å². The van der Waals surface area contributed by atoms with E-state index < -0.39 is 26.5 Å². The second-order valence-electron chi connectivity index (χ2n) is 7.41. The van der Waals surface area contributed by atoms with Crippen molar-refractivity contribution in [1.82, 2.24) is 15.8 Å². The van der Waals surface area contributed by atoms with Crippen molar-refractivity contribution in [2.75, 3.05) is 7.11 Å². The Kier molecular flexibility index (Phi) is 7.19. The smallest absolute Gasteiger partial charge is 0.280 e. The summed E-state index contributed by atoms with van der Waals surface area (Å²) < 4.78 is 33.1. The highest BCUT2D eigenvalue weighted by atomic mass is 32.2. The summed E-state index contributed by atoms with van der Waals surface area (Å²) in [5.41, 5.74) is 2.39. The summed E-state index contributed by atoms with van der Waals surface area (Å²) in [6.07, 6.45) is 5.39. The van der Waals surface area contributed by atoms with Crippen LogP contribution in [0.15, 0.2) is 59.8 Å². The number of hydrogen-bond donors (Lipinski definition) is 3. The second-order valence-corrected chi connectivity index (χ2v) is 9.53. The molecule has 0 unspecified atom stereocenters. The molecule has 0 bridgehead atoms. The zero-order valence-corrected chi connectivity index (χ0v) is 17.6. The van der Waals surface area contributed by atoms with Gasteiger partial charge in [0.2, 0.25) is 14.7 Å². The van der Waals surface area contributed by atoms with Gasteiger partial charge < -0.3 is 4.74 Å². The number of amides is 1. The zero-order chi connectivity index (χ0) is 21.6.